The summed E-state index contributed by atoms with van der Waals surface area (Å²) in [5, 5.41) is 11.9. The summed E-state index contributed by atoms with van der Waals surface area (Å²) in [7, 11) is 0. The van der Waals surface area contributed by atoms with Crippen LogP contribution in [0.2, 0.25) is 0 Å². The Balaban J connectivity index is 1.78. The molecule has 0 spiro atoms. The zero-order valence-corrected chi connectivity index (χ0v) is 13.6. The molecule has 1 heterocycles. The van der Waals surface area contributed by atoms with Gasteiger partial charge in [-0.25, -0.2) is 4.79 Å². The molecule has 1 aromatic carbocycles. The number of ether oxygens (including phenoxy) is 1. The van der Waals surface area contributed by atoms with Crippen LogP contribution in [0, 0.1) is 5.92 Å². The van der Waals surface area contributed by atoms with E-state index in [1.165, 1.54) is 0 Å². The second kappa shape index (κ2) is 7.01. The van der Waals surface area contributed by atoms with Crippen LogP contribution in [0.25, 0.3) is 0 Å². The lowest BCUT2D eigenvalue weighted by Gasteiger charge is -2.21. The van der Waals surface area contributed by atoms with E-state index >= 15 is 0 Å². The zero-order chi connectivity index (χ0) is 16.2. The Morgan fingerprint density at radius 3 is 2.64 bits per heavy atom. The molecule has 0 aromatic heterocycles. The monoisotopic (exact) mass is 306 g/mol. The first kappa shape index (κ1) is 16.6. The molecule has 1 aromatic rings. The maximum atomic E-state index is 11.7. The fraction of sp³-hybridized carbons (Fsp3) is 0.588. The van der Waals surface area contributed by atoms with E-state index in [1.54, 1.807) is 0 Å². The van der Waals surface area contributed by atoms with Gasteiger partial charge < -0.3 is 20.1 Å². The molecule has 0 saturated carbocycles. The standard InChI is InChI=1S/C17H26N2O3/c1-17(2,3)22-16(21)18-10-14-8-9-19(11-14)15-6-4-13(12-20)5-7-15/h4-7,14,20H,8-12H2,1-3H3,(H,18,21)/t14-/m0/s1. The molecule has 0 unspecified atom stereocenters. The third-order valence-corrected chi connectivity index (χ3v) is 3.70. The van der Waals surface area contributed by atoms with Gasteiger partial charge in [-0.2, -0.15) is 0 Å². The summed E-state index contributed by atoms with van der Waals surface area (Å²) in [6, 6.07) is 7.97. The van der Waals surface area contributed by atoms with Gasteiger partial charge >= 0.3 is 6.09 Å². The van der Waals surface area contributed by atoms with Crippen molar-refractivity contribution in [1.29, 1.82) is 0 Å². The Bertz CT molecular complexity index is 494. The molecule has 0 aliphatic carbocycles. The van der Waals surface area contributed by atoms with Gasteiger partial charge in [-0.3, -0.25) is 0 Å². The largest absolute Gasteiger partial charge is 0.444 e. The van der Waals surface area contributed by atoms with Gasteiger partial charge in [0.2, 0.25) is 0 Å². The minimum atomic E-state index is -0.458. The SMILES string of the molecule is CC(C)(C)OC(=O)NC[C@@H]1CCN(c2ccc(CO)cc2)C1. The molecule has 0 bridgehead atoms. The summed E-state index contributed by atoms with van der Waals surface area (Å²) in [6.45, 7) is 8.20. The first-order valence-electron chi connectivity index (χ1n) is 7.79. The number of amides is 1. The number of benzene rings is 1. The van der Waals surface area contributed by atoms with Crippen LogP contribution in [-0.4, -0.2) is 36.4 Å². The van der Waals surface area contributed by atoms with Crippen molar-refractivity contribution in [2.75, 3.05) is 24.5 Å². The molecule has 1 atom stereocenters. The Kier molecular flexibility index (Phi) is 5.29. The Hall–Kier alpha value is -1.75. The summed E-state index contributed by atoms with van der Waals surface area (Å²) in [5.74, 6) is 0.435. The first-order chi connectivity index (χ1) is 10.4. The number of aliphatic hydroxyl groups excluding tert-OH is 1. The average molecular weight is 306 g/mol. The Labute approximate surface area is 132 Å². The van der Waals surface area contributed by atoms with Gasteiger partial charge in [0.15, 0.2) is 0 Å². The molecule has 1 fully saturated rings. The van der Waals surface area contributed by atoms with Crippen molar-refractivity contribution in [3.63, 3.8) is 0 Å². The summed E-state index contributed by atoms with van der Waals surface area (Å²) >= 11 is 0. The number of aliphatic hydroxyl groups is 1. The first-order valence-corrected chi connectivity index (χ1v) is 7.79. The quantitative estimate of drug-likeness (QED) is 0.897. The van der Waals surface area contributed by atoms with Crippen molar-refractivity contribution < 1.29 is 14.6 Å². The van der Waals surface area contributed by atoms with Crippen molar-refractivity contribution in [3.05, 3.63) is 29.8 Å². The third-order valence-electron chi connectivity index (χ3n) is 3.70. The summed E-state index contributed by atoms with van der Waals surface area (Å²) in [6.07, 6.45) is 0.704. The van der Waals surface area contributed by atoms with Gasteiger partial charge in [0.25, 0.3) is 0 Å². The molecule has 1 aliphatic heterocycles. The number of carbonyl (C=O) groups excluding carboxylic acids is 1. The van der Waals surface area contributed by atoms with Crippen LogP contribution in [0.3, 0.4) is 0 Å². The highest BCUT2D eigenvalue weighted by molar-refractivity contribution is 5.67. The van der Waals surface area contributed by atoms with E-state index in [4.69, 9.17) is 9.84 Å². The minimum Gasteiger partial charge on any atom is -0.444 e. The van der Waals surface area contributed by atoms with Crippen LogP contribution in [0.15, 0.2) is 24.3 Å². The molecule has 1 saturated heterocycles. The zero-order valence-electron chi connectivity index (χ0n) is 13.6. The van der Waals surface area contributed by atoms with E-state index in [-0.39, 0.29) is 12.7 Å². The number of carbonyl (C=O) groups is 1. The molecule has 2 rings (SSSR count). The average Bonchev–Trinajstić information content (AvgIpc) is 2.92. The normalized spacial score (nSPS) is 18.4. The third kappa shape index (κ3) is 4.91. The van der Waals surface area contributed by atoms with Crippen LogP contribution >= 0.6 is 0 Å². The lowest BCUT2D eigenvalue weighted by Crippen LogP contribution is -2.36. The molecule has 5 nitrogen and oxygen atoms in total. The van der Waals surface area contributed by atoms with E-state index in [9.17, 15) is 4.79 Å². The van der Waals surface area contributed by atoms with E-state index in [0.29, 0.717) is 12.5 Å². The Morgan fingerprint density at radius 2 is 2.05 bits per heavy atom. The summed E-state index contributed by atoms with van der Waals surface area (Å²) in [4.78, 5) is 14.0. The van der Waals surface area contributed by atoms with Gasteiger partial charge in [-0.05, 0) is 50.8 Å². The smallest absolute Gasteiger partial charge is 0.407 e. The van der Waals surface area contributed by atoms with E-state index < -0.39 is 5.60 Å². The van der Waals surface area contributed by atoms with Crippen molar-refractivity contribution >= 4 is 11.8 Å². The van der Waals surface area contributed by atoms with E-state index in [1.807, 2.05) is 45.0 Å². The number of alkyl carbamates (subject to hydrolysis) is 1. The van der Waals surface area contributed by atoms with Gasteiger partial charge in [0.1, 0.15) is 5.60 Å². The molecule has 0 radical (unpaired) electrons. The van der Waals surface area contributed by atoms with Crippen LogP contribution < -0.4 is 10.2 Å². The topological polar surface area (TPSA) is 61.8 Å². The van der Waals surface area contributed by atoms with Gasteiger partial charge in [-0.1, -0.05) is 12.1 Å². The molecular formula is C17H26N2O3. The summed E-state index contributed by atoms with van der Waals surface area (Å²) in [5.41, 5.74) is 1.63. The van der Waals surface area contributed by atoms with Crippen LogP contribution in [0.4, 0.5) is 10.5 Å². The number of hydrogen-bond donors (Lipinski definition) is 2. The number of anilines is 1. The van der Waals surface area contributed by atoms with E-state index in [2.05, 4.69) is 10.2 Å². The second-order valence-electron chi connectivity index (χ2n) is 6.81. The molecular weight excluding hydrogens is 280 g/mol. The molecule has 122 valence electrons. The van der Waals surface area contributed by atoms with Crippen LogP contribution in [0.5, 0.6) is 0 Å². The molecule has 1 aliphatic rings. The molecule has 1 amide bonds. The maximum Gasteiger partial charge on any atom is 0.407 e. The molecule has 2 N–H and O–H groups in total. The van der Waals surface area contributed by atoms with Crippen molar-refractivity contribution in [2.24, 2.45) is 5.92 Å². The number of nitrogens with one attached hydrogen (secondary N) is 1. The van der Waals surface area contributed by atoms with Gasteiger partial charge in [0, 0.05) is 25.3 Å². The highest BCUT2D eigenvalue weighted by Gasteiger charge is 2.24. The van der Waals surface area contributed by atoms with Crippen molar-refractivity contribution in [2.45, 2.75) is 39.4 Å². The Morgan fingerprint density at radius 1 is 1.36 bits per heavy atom. The van der Waals surface area contributed by atoms with Gasteiger partial charge in [-0.15, -0.1) is 0 Å². The predicted molar refractivity (Wildman–Crippen MR) is 86.9 cm³/mol. The lowest BCUT2D eigenvalue weighted by atomic mass is 10.1. The van der Waals surface area contributed by atoms with Crippen LogP contribution in [0.1, 0.15) is 32.8 Å². The fourth-order valence-corrected chi connectivity index (χ4v) is 2.59. The number of rotatable bonds is 4. The summed E-state index contributed by atoms with van der Waals surface area (Å²) < 4.78 is 5.25. The van der Waals surface area contributed by atoms with Crippen molar-refractivity contribution in [3.8, 4) is 0 Å². The lowest BCUT2D eigenvalue weighted by molar-refractivity contribution is 0.0520. The predicted octanol–water partition coefficient (Wildman–Crippen LogP) is 2.53. The minimum absolute atomic E-state index is 0.0721. The van der Waals surface area contributed by atoms with E-state index in [0.717, 1.165) is 30.8 Å². The van der Waals surface area contributed by atoms with Gasteiger partial charge in [0.05, 0.1) is 6.61 Å². The second-order valence-corrected chi connectivity index (χ2v) is 6.81. The highest BCUT2D eigenvalue weighted by atomic mass is 16.6. The maximum absolute atomic E-state index is 11.7. The number of nitrogens with zero attached hydrogens (tertiary/aromatic N) is 1. The number of hydrogen-bond acceptors (Lipinski definition) is 4. The molecule has 22 heavy (non-hydrogen) atoms. The molecule has 5 heteroatoms. The fourth-order valence-electron chi connectivity index (χ4n) is 2.59. The van der Waals surface area contributed by atoms with Crippen molar-refractivity contribution in [1.82, 2.24) is 5.32 Å². The van der Waals surface area contributed by atoms with Crippen LogP contribution in [-0.2, 0) is 11.3 Å². The highest BCUT2D eigenvalue weighted by Crippen LogP contribution is 2.24.